The van der Waals surface area contributed by atoms with Crippen LogP contribution in [0.2, 0.25) is 0 Å². The van der Waals surface area contributed by atoms with Crippen molar-refractivity contribution in [2.45, 2.75) is 74.6 Å². The number of aryl methyl sites for hydroxylation is 1. The van der Waals surface area contributed by atoms with E-state index in [0.717, 1.165) is 22.1 Å². The van der Waals surface area contributed by atoms with Gasteiger partial charge in [0, 0.05) is 64.5 Å². The van der Waals surface area contributed by atoms with Crippen molar-refractivity contribution in [3.8, 4) is 40.6 Å². The maximum Gasteiger partial charge on any atom is 0.335 e. The van der Waals surface area contributed by atoms with E-state index in [0.29, 0.717) is 81.7 Å². The molecule has 7 aliphatic heterocycles. The molecule has 1 aromatic heterocycles. The van der Waals surface area contributed by atoms with Gasteiger partial charge < -0.3 is 43.3 Å². The summed E-state index contributed by atoms with van der Waals surface area (Å²) >= 11 is 1.48. The SMILES string of the molecule is COc1ccc2oc3c(c2c1)CCN[C@]31CS[C@@H]2c3c(OC(C)=O)c(C)c4c(c3[C@H](COC1=O)N1[C@@H]2[C@@H]2N[C@@H](Cc3cc(C)c(OC)c(O)c32)[C@@H]1C#N)OCO4. The highest BCUT2D eigenvalue weighted by molar-refractivity contribution is 7.99. The summed E-state index contributed by atoms with van der Waals surface area (Å²) < 4.78 is 42.7. The van der Waals surface area contributed by atoms with Gasteiger partial charge in [-0.3, -0.25) is 15.0 Å². The van der Waals surface area contributed by atoms with Crippen LogP contribution < -0.4 is 34.3 Å². The molecule has 0 aliphatic carbocycles. The third-order valence-corrected chi connectivity index (χ3v) is 13.9. The molecule has 3 N–H and O–H groups in total. The van der Waals surface area contributed by atoms with Crippen LogP contribution in [-0.4, -0.2) is 80.0 Å². The number of thioether (sulfide) groups is 1. The van der Waals surface area contributed by atoms with E-state index in [2.05, 4.69) is 21.6 Å². The molecular weight excluding hydrogens is 741 g/mol. The number of phenolic OH excluding ortho intramolecular Hbond substituents is 1. The molecule has 0 saturated carbocycles. The molecule has 3 aromatic carbocycles. The minimum atomic E-state index is -1.40. The Kier molecular flexibility index (Phi) is 7.99. The van der Waals surface area contributed by atoms with Crippen LogP contribution in [0.3, 0.4) is 0 Å². The number of piperazine rings is 1. The van der Waals surface area contributed by atoms with E-state index < -0.39 is 46.9 Å². The number of benzene rings is 3. The molecule has 4 bridgehead atoms. The number of hydrogen-bond acceptors (Lipinski definition) is 15. The van der Waals surface area contributed by atoms with Crippen molar-refractivity contribution < 1.29 is 47.5 Å². The van der Waals surface area contributed by atoms with Crippen LogP contribution in [0, 0.1) is 25.2 Å². The monoisotopic (exact) mass is 780 g/mol. The van der Waals surface area contributed by atoms with Gasteiger partial charge in [-0.1, -0.05) is 6.07 Å². The number of esters is 2. The minimum Gasteiger partial charge on any atom is -0.504 e. The van der Waals surface area contributed by atoms with Crippen LogP contribution in [-0.2, 0) is 32.7 Å². The van der Waals surface area contributed by atoms with Gasteiger partial charge >= 0.3 is 11.9 Å². The molecular formula is C41H40N4O10S. The lowest BCUT2D eigenvalue weighted by Gasteiger charge is -2.59. The lowest BCUT2D eigenvalue weighted by Crippen LogP contribution is -2.69. The van der Waals surface area contributed by atoms with E-state index in [1.807, 2.05) is 38.1 Å². The third-order valence-electron chi connectivity index (χ3n) is 12.4. The van der Waals surface area contributed by atoms with Crippen molar-refractivity contribution >= 4 is 34.7 Å². The average molecular weight is 781 g/mol. The number of hydrogen-bond donors (Lipinski definition) is 3. The van der Waals surface area contributed by atoms with Crippen LogP contribution in [0.1, 0.15) is 69.0 Å². The first-order chi connectivity index (χ1) is 27.1. The highest BCUT2D eigenvalue weighted by atomic mass is 32.2. The van der Waals surface area contributed by atoms with E-state index in [1.165, 1.54) is 25.8 Å². The van der Waals surface area contributed by atoms with Gasteiger partial charge in [-0.15, -0.1) is 11.8 Å². The summed E-state index contributed by atoms with van der Waals surface area (Å²) in [5.41, 5.74) is 4.47. The van der Waals surface area contributed by atoms with Gasteiger partial charge in [0.25, 0.3) is 0 Å². The smallest absolute Gasteiger partial charge is 0.335 e. The van der Waals surface area contributed by atoms with Gasteiger partial charge in [-0.2, -0.15) is 5.26 Å². The van der Waals surface area contributed by atoms with Gasteiger partial charge in [-0.05, 0) is 56.0 Å². The highest BCUT2D eigenvalue weighted by Gasteiger charge is 2.60. The number of fused-ring (bicyclic) bond motifs is 11. The molecule has 56 heavy (non-hydrogen) atoms. The summed E-state index contributed by atoms with van der Waals surface area (Å²) in [5, 5.41) is 30.6. The number of carbonyl (C=O) groups excluding carboxylic acids is 2. The predicted octanol–water partition coefficient (Wildman–Crippen LogP) is 4.69. The zero-order chi connectivity index (χ0) is 38.8. The fraction of sp³-hybridized carbons (Fsp3) is 0.439. The molecule has 14 nitrogen and oxygen atoms in total. The topological polar surface area (TPSA) is 174 Å². The Bertz CT molecular complexity index is 2430. The number of nitrogens with one attached hydrogen (secondary N) is 2. The molecule has 11 rings (SSSR count). The Morgan fingerprint density at radius 1 is 1.09 bits per heavy atom. The number of rotatable bonds is 3. The number of aromatic hydroxyl groups is 1. The molecule has 8 heterocycles. The van der Waals surface area contributed by atoms with Crippen LogP contribution in [0.4, 0.5) is 0 Å². The van der Waals surface area contributed by atoms with Crippen LogP contribution >= 0.6 is 11.8 Å². The summed E-state index contributed by atoms with van der Waals surface area (Å²) in [6.45, 7) is 5.35. The molecule has 0 amide bonds. The summed E-state index contributed by atoms with van der Waals surface area (Å²) in [7, 11) is 3.15. The zero-order valence-electron chi connectivity index (χ0n) is 31.4. The number of nitriles is 1. The summed E-state index contributed by atoms with van der Waals surface area (Å²) in [4.78, 5) is 29.9. The van der Waals surface area contributed by atoms with Crippen molar-refractivity contribution in [1.82, 2.24) is 15.5 Å². The summed E-state index contributed by atoms with van der Waals surface area (Å²) in [6, 6.07) is 7.41. The molecule has 7 aliphatic rings. The number of phenols is 1. The number of furan rings is 1. The van der Waals surface area contributed by atoms with Gasteiger partial charge in [-0.25, -0.2) is 4.79 Å². The molecule has 2 fully saturated rings. The quantitative estimate of drug-likeness (QED) is 0.193. The average Bonchev–Trinajstić information content (AvgIpc) is 3.83. The standard InChI is InChI=1S/C41H40N4O10S/c1-17-10-20-11-24-25(13-42)45-26-14-51-40(48)41(39-22(8-9-43-41)23-12-21(49-4)6-7-27(23)55-39)15-56-38(32(45)31(44-24)28(20)33(47)34(17)50-5)30-29(26)37-36(52-16-53-37)18(2)35(30)54-19(3)46/h6-7,10,12,24-26,31-32,38,43-44,47H,8-9,11,14-16H2,1-5H3/t24-,25-,26-,31+,32+,38+,41+/m0/s1. The summed E-state index contributed by atoms with van der Waals surface area (Å²) in [5.74, 6) is 1.95. The number of methoxy groups -OCH3 is 2. The van der Waals surface area contributed by atoms with E-state index in [9.17, 15) is 20.0 Å². The van der Waals surface area contributed by atoms with E-state index in [1.54, 1.807) is 7.11 Å². The lowest BCUT2D eigenvalue weighted by molar-refractivity contribution is -0.156. The number of nitrogens with zero attached hydrogens (tertiary/aromatic N) is 2. The maximum absolute atomic E-state index is 14.8. The van der Waals surface area contributed by atoms with E-state index >= 15 is 0 Å². The fourth-order valence-electron chi connectivity index (χ4n) is 10.2. The predicted molar refractivity (Wildman–Crippen MR) is 201 cm³/mol. The highest BCUT2D eigenvalue weighted by Crippen LogP contribution is 2.63. The second kappa shape index (κ2) is 12.7. The second-order valence-corrected chi connectivity index (χ2v) is 16.4. The molecule has 1 spiro atoms. The summed E-state index contributed by atoms with van der Waals surface area (Å²) in [6.07, 6.45) is 1.09. The van der Waals surface area contributed by atoms with Crippen molar-refractivity contribution in [3.05, 3.63) is 69.0 Å². The molecule has 290 valence electrons. The maximum atomic E-state index is 14.8. The minimum absolute atomic E-state index is 0.0354. The van der Waals surface area contributed by atoms with E-state index in [4.69, 9.17) is 32.8 Å². The molecule has 2 saturated heterocycles. The first-order valence-electron chi connectivity index (χ1n) is 18.7. The first-order valence-corrected chi connectivity index (χ1v) is 19.8. The molecule has 15 heteroatoms. The second-order valence-electron chi connectivity index (χ2n) is 15.3. The van der Waals surface area contributed by atoms with Crippen molar-refractivity contribution in [3.63, 3.8) is 0 Å². The van der Waals surface area contributed by atoms with Gasteiger partial charge in [0.1, 0.15) is 35.5 Å². The van der Waals surface area contributed by atoms with Crippen LogP contribution in [0.25, 0.3) is 11.0 Å². The Morgan fingerprint density at radius 2 is 1.91 bits per heavy atom. The lowest BCUT2D eigenvalue weighted by atomic mass is 9.72. The first kappa shape index (κ1) is 35.3. The molecule has 4 aromatic rings. The van der Waals surface area contributed by atoms with Gasteiger partial charge in [0.2, 0.25) is 6.79 Å². The molecule has 0 unspecified atom stereocenters. The van der Waals surface area contributed by atoms with Crippen molar-refractivity contribution in [1.29, 1.82) is 5.26 Å². The Balaban J connectivity index is 1.23. The third kappa shape index (κ3) is 4.73. The van der Waals surface area contributed by atoms with Crippen LogP contribution in [0.5, 0.6) is 34.5 Å². The largest absolute Gasteiger partial charge is 0.504 e. The Morgan fingerprint density at radius 3 is 2.68 bits per heavy atom. The van der Waals surface area contributed by atoms with Gasteiger partial charge in [0.05, 0.1) is 37.6 Å². The van der Waals surface area contributed by atoms with E-state index in [-0.39, 0.29) is 30.9 Å². The number of carbonyl (C=O) groups is 2. The molecule has 7 atom stereocenters. The molecule has 0 radical (unpaired) electrons. The van der Waals surface area contributed by atoms with Crippen molar-refractivity contribution in [2.24, 2.45) is 0 Å². The zero-order valence-corrected chi connectivity index (χ0v) is 32.3. The Hall–Kier alpha value is -5.14. The Labute approximate surface area is 326 Å². The normalized spacial score (nSPS) is 28.4. The van der Waals surface area contributed by atoms with Crippen molar-refractivity contribution in [2.75, 3.05) is 39.9 Å². The van der Waals surface area contributed by atoms with Crippen LogP contribution in [0.15, 0.2) is 28.7 Å². The van der Waals surface area contributed by atoms with Gasteiger partial charge in [0.15, 0.2) is 28.5 Å². The number of ether oxygens (including phenoxy) is 6. The fourth-order valence-corrected chi connectivity index (χ4v) is 11.9.